The van der Waals surface area contributed by atoms with Gasteiger partial charge in [0.05, 0.1) is 0 Å². The zero-order valence-corrected chi connectivity index (χ0v) is 13.3. The van der Waals surface area contributed by atoms with E-state index >= 15 is 0 Å². The first kappa shape index (κ1) is 17.4. The van der Waals surface area contributed by atoms with Crippen LogP contribution in [0.2, 0.25) is 0 Å². The molecule has 0 aliphatic rings. The normalized spacial score (nSPS) is 14.5. The number of carbonyl (C=O) groups excluding carboxylic acids is 1. The van der Waals surface area contributed by atoms with Gasteiger partial charge >= 0.3 is 0 Å². The smallest absolute Gasteiger partial charge is 0.231 e. The lowest BCUT2D eigenvalue weighted by Crippen LogP contribution is -2.45. The Labute approximate surface area is 130 Å². The van der Waals surface area contributed by atoms with Crippen LogP contribution in [0.5, 0.6) is 0 Å². The second-order valence-corrected chi connectivity index (χ2v) is 5.75. The van der Waals surface area contributed by atoms with Crippen LogP contribution in [0, 0.1) is 5.92 Å². The first-order chi connectivity index (χ1) is 10.1. The van der Waals surface area contributed by atoms with Gasteiger partial charge in [0.25, 0.3) is 0 Å². The van der Waals surface area contributed by atoms with E-state index in [0.717, 1.165) is 17.7 Å². The molecule has 2 unspecified atom stereocenters. The third-order valence-corrected chi connectivity index (χ3v) is 4.01. The highest BCUT2D eigenvalue weighted by molar-refractivity contribution is 7.98. The molecule has 21 heavy (non-hydrogen) atoms. The molecule has 0 heterocycles. The predicted octanol–water partition coefficient (Wildman–Crippen LogP) is 1.85. The molecule has 0 aliphatic heterocycles. The molecular formula is C15H23N3O2S. The fourth-order valence-corrected chi connectivity index (χ4v) is 2.74. The molecule has 0 aliphatic carbocycles. The summed E-state index contributed by atoms with van der Waals surface area (Å²) in [6.07, 6.45) is 3.26. The molecule has 0 spiro atoms. The van der Waals surface area contributed by atoms with Gasteiger partial charge in [-0.3, -0.25) is 4.79 Å². The molecule has 1 rings (SSSR count). The Morgan fingerprint density at radius 3 is 2.62 bits per heavy atom. The molecule has 0 saturated heterocycles. The molecule has 0 bridgehead atoms. The van der Waals surface area contributed by atoms with E-state index in [4.69, 9.17) is 10.9 Å². The van der Waals surface area contributed by atoms with Crippen LogP contribution in [0.1, 0.15) is 18.9 Å². The molecule has 1 aromatic rings. The molecule has 116 valence electrons. The molecule has 2 atom stereocenters. The molecule has 4 N–H and O–H groups in total. The Morgan fingerprint density at radius 1 is 1.43 bits per heavy atom. The van der Waals surface area contributed by atoms with Gasteiger partial charge in [-0.25, -0.2) is 0 Å². The fourth-order valence-electron chi connectivity index (χ4n) is 2.02. The van der Waals surface area contributed by atoms with E-state index in [9.17, 15) is 4.79 Å². The molecule has 1 aromatic carbocycles. The van der Waals surface area contributed by atoms with Gasteiger partial charge < -0.3 is 16.3 Å². The Morgan fingerprint density at radius 2 is 2.10 bits per heavy atom. The SMILES string of the molecule is CCC(CSC)NC(=O)C(Cc1ccccc1)/C(N)=N/O. The average Bonchev–Trinajstić information content (AvgIpc) is 2.52. The number of carbonyl (C=O) groups is 1. The lowest BCUT2D eigenvalue weighted by Gasteiger charge is -2.20. The summed E-state index contributed by atoms with van der Waals surface area (Å²) in [5.41, 5.74) is 6.67. The number of hydrogen-bond acceptors (Lipinski definition) is 4. The van der Waals surface area contributed by atoms with Crippen molar-refractivity contribution in [1.29, 1.82) is 0 Å². The van der Waals surface area contributed by atoms with Crippen LogP contribution in [-0.4, -0.2) is 35.0 Å². The molecule has 0 radical (unpaired) electrons. The van der Waals surface area contributed by atoms with Crippen LogP contribution in [0.15, 0.2) is 35.5 Å². The third kappa shape index (κ3) is 5.67. The Bertz CT molecular complexity index is 465. The number of oxime groups is 1. The van der Waals surface area contributed by atoms with Crippen molar-refractivity contribution in [3.05, 3.63) is 35.9 Å². The van der Waals surface area contributed by atoms with Gasteiger partial charge in [-0.05, 0) is 24.7 Å². The van der Waals surface area contributed by atoms with Crippen LogP contribution in [0.4, 0.5) is 0 Å². The highest BCUT2D eigenvalue weighted by atomic mass is 32.2. The van der Waals surface area contributed by atoms with E-state index in [1.807, 2.05) is 43.5 Å². The second kappa shape index (κ2) is 9.28. The second-order valence-electron chi connectivity index (χ2n) is 4.84. The molecule has 1 amide bonds. The largest absolute Gasteiger partial charge is 0.409 e. The van der Waals surface area contributed by atoms with E-state index in [-0.39, 0.29) is 17.8 Å². The highest BCUT2D eigenvalue weighted by Gasteiger charge is 2.25. The number of nitrogens with two attached hydrogens (primary N) is 1. The number of amidine groups is 1. The van der Waals surface area contributed by atoms with Crippen molar-refractivity contribution in [2.75, 3.05) is 12.0 Å². The number of amides is 1. The molecule has 0 fully saturated rings. The third-order valence-electron chi connectivity index (χ3n) is 3.28. The fraction of sp³-hybridized carbons (Fsp3) is 0.467. The van der Waals surface area contributed by atoms with Gasteiger partial charge in [-0.15, -0.1) is 0 Å². The zero-order chi connectivity index (χ0) is 15.7. The standard InChI is InChI=1S/C15H23N3O2S/c1-3-12(10-21-2)17-15(19)13(14(16)18-20)9-11-7-5-4-6-8-11/h4-8,12-13,20H,3,9-10H2,1-2H3,(H2,16,18)(H,17,19). The maximum atomic E-state index is 12.4. The van der Waals surface area contributed by atoms with E-state index in [2.05, 4.69) is 10.5 Å². The Kier molecular flexibility index (Phi) is 7.68. The maximum Gasteiger partial charge on any atom is 0.231 e. The van der Waals surface area contributed by atoms with E-state index in [1.165, 1.54) is 0 Å². The van der Waals surface area contributed by atoms with Crippen molar-refractivity contribution < 1.29 is 10.0 Å². The van der Waals surface area contributed by atoms with E-state index in [1.54, 1.807) is 11.8 Å². The predicted molar refractivity (Wildman–Crippen MR) is 87.6 cm³/mol. The van der Waals surface area contributed by atoms with Crippen molar-refractivity contribution in [3.8, 4) is 0 Å². The van der Waals surface area contributed by atoms with Crippen LogP contribution < -0.4 is 11.1 Å². The summed E-state index contributed by atoms with van der Waals surface area (Å²) in [6, 6.07) is 9.65. The van der Waals surface area contributed by atoms with E-state index in [0.29, 0.717) is 6.42 Å². The minimum absolute atomic E-state index is 0.0599. The quantitative estimate of drug-likeness (QED) is 0.296. The van der Waals surface area contributed by atoms with Crippen molar-refractivity contribution in [3.63, 3.8) is 0 Å². The van der Waals surface area contributed by atoms with Crippen LogP contribution in [0.25, 0.3) is 0 Å². The van der Waals surface area contributed by atoms with Crippen LogP contribution in [-0.2, 0) is 11.2 Å². The molecule has 0 aromatic heterocycles. The average molecular weight is 309 g/mol. The van der Waals surface area contributed by atoms with Gasteiger partial charge in [-0.2, -0.15) is 11.8 Å². The summed E-state index contributed by atoms with van der Waals surface area (Å²) in [7, 11) is 0. The summed E-state index contributed by atoms with van der Waals surface area (Å²) in [6.45, 7) is 2.02. The minimum Gasteiger partial charge on any atom is -0.409 e. The van der Waals surface area contributed by atoms with Gasteiger partial charge in [0.2, 0.25) is 5.91 Å². The van der Waals surface area contributed by atoms with Gasteiger partial charge in [0, 0.05) is 11.8 Å². The van der Waals surface area contributed by atoms with Gasteiger partial charge in [-0.1, -0.05) is 42.4 Å². The number of benzene rings is 1. The molecule has 6 heteroatoms. The van der Waals surface area contributed by atoms with Gasteiger partial charge in [0.15, 0.2) is 5.84 Å². The number of nitrogens with one attached hydrogen (secondary N) is 1. The summed E-state index contributed by atoms with van der Waals surface area (Å²) in [5, 5.41) is 14.9. The highest BCUT2D eigenvalue weighted by Crippen LogP contribution is 2.11. The molecule has 5 nitrogen and oxygen atoms in total. The number of rotatable bonds is 8. The van der Waals surface area contributed by atoms with E-state index < -0.39 is 5.92 Å². The first-order valence-electron chi connectivity index (χ1n) is 6.93. The number of nitrogens with zero attached hydrogens (tertiary/aromatic N) is 1. The van der Waals surface area contributed by atoms with Crippen molar-refractivity contribution >= 4 is 23.5 Å². The van der Waals surface area contributed by atoms with Crippen molar-refractivity contribution in [2.45, 2.75) is 25.8 Å². The van der Waals surface area contributed by atoms with Crippen molar-refractivity contribution in [1.82, 2.24) is 5.32 Å². The monoisotopic (exact) mass is 309 g/mol. The number of hydrogen-bond donors (Lipinski definition) is 3. The minimum atomic E-state index is -0.659. The lowest BCUT2D eigenvalue weighted by molar-refractivity contribution is -0.123. The van der Waals surface area contributed by atoms with Crippen LogP contribution >= 0.6 is 11.8 Å². The van der Waals surface area contributed by atoms with Crippen molar-refractivity contribution in [2.24, 2.45) is 16.8 Å². The van der Waals surface area contributed by atoms with Crippen LogP contribution in [0.3, 0.4) is 0 Å². The molecular weight excluding hydrogens is 286 g/mol. The zero-order valence-electron chi connectivity index (χ0n) is 12.5. The topological polar surface area (TPSA) is 87.7 Å². The maximum absolute atomic E-state index is 12.4. The first-order valence-corrected chi connectivity index (χ1v) is 8.32. The summed E-state index contributed by atoms with van der Waals surface area (Å²) in [4.78, 5) is 12.4. The number of thioether (sulfide) groups is 1. The summed E-state index contributed by atoms with van der Waals surface area (Å²) >= 11 is 1.68. The summed E-state index contributed by atoms with van der Waals surface area (Å²) in [5.74, 6) is -0.0741. The Hall–Kier alpha value is -1.69. The van der Waals surface area contributed by atoms with Gasteiger partial charge in [0.1, 0.15) is 5.92 Å². The summed E-state index contributed by atoms with van der Waals surface area (Å²) < 4.78 is 0. The Balaban J connectivity index is 2.80. The molecule has 0 saturated carbocycles. The lowest BCUT2D eigenvalue weighted by atomic mass is 9.97.